The molecule has 59 heavy (non-hydrogen) atoms. The van der Waals surface area contributed by atoms with Crippen LogP contribution in [0.2, 0.25) is 0 Å². The Morgan fingerprint density at radius 3 is 1.71 bits per heavy atom. The number of nitrogens with zero attached hydrogens (tertiary/aromatic N) is 3. The van der Waals surface area contributed by atoms with E-state index in [1.807, 2.05) is 24.3 Å². The first kappa shape index (κ1) is 33.3. The predicted octanol–water partition coefficient (Wildman–Crippen LogP) is 14.9. The summed E-state index contributed by atoms with van der Waals surface area (Å²) < 4.78 is 2.42. The van der Waals surface area contributed by atoms with E-state index < -0.39 is 0 Å². The summed E-state index contributed by atoms with van der Waals surface area (Å²) in [7, 11) is 0. The van der Waals surface area contributed by atoms with Gasteiger partial charge >= 0.3 is 0 Å². The van der Waals surface area contributed by atoms with Crippen molar-refractivity contribution in [3.8, 4) is 50.7 Å². The Balaban J connectivity index is 1.11. The molecular weight excluding hydrogens is 715 g/mol. The van der Waals surface area contributed by atoms with Crippen molar-refractivity contribution in [1.29, 1.82) is 0 Å². The average Bonchev–Trinajstić information content (AvgIpc) is 3.65. The zero-order valence-electron chi connectivity index (χ0n) is 32.0. The highest BCUT2D eigenvalue weighted by Crippen LogP contribution is 2.43. The van der Waals surface area contributed by atoms with Crippen LogP contribution in [0.1, 0.15) is 0 Å². The molecule has 12 rings (SSSR count). The zero-order valence-corrected chi connectivity index (χ0v) is 32.0. The molecule has 0 radical (unpaired) electrons. The van der Waals surface area contributed by atoms with Crippen LogP contribution in [0.4, 0.5) is 0 Å². The molecular formula is C56H35N3. The number of fused-ring (bicyclic) bond motifs is 10. The molecule has 3 heteroatoms. The SMILES string of the molecule is c1ccc(-c2cc(-c3cccc4c5ccccc5c5ccc(-c6ccc7c8ccccc8n(-c8ccc9ccccc9c8)c7c6)cc5c34)nc(-c3ccccc3)n2)cc1. The molecule has 0 spiro atoms. The largest absolute Gasteiger partial charge is 0.309 e. The minimum atomic E-state index is 0.708. The van der Waals surface area contributed by atoms with Crippen molar-refractivity contribution in [2.24, 2.45) is 0 Å². The van der Waals surface area contributed by atoms with Crippen LogP contribution in [0.3, 0.4) is 0 Å². The van der Waals surface area contributed by atoms with Gasteiger partial charge < -0.3 is 4.57 Å². The summed E-state index contributed by atoms with van der Waals surface area (Å²) in [4.78, 5) is 10.4. The van der Waals surface area contributed by atoms with Crippen LogP contribution in [0.25, 0.3) is 116 Å². The van der Waals surface area contributed by atoms with E-state index in [1.165, 1.54) is 76.0 Å². The van der Waals surface area contributed by atoms with Crippen LogP contribution in [0.5, 0.6) is 0 Å². The van der Waals surface area contributed by atoms with Crippen LogP contribution in [-0.2, 0) is 0 Å². The molecule has 274 valence electrons. The van der Waals surface area contributed by atoms with E-state index in [4.69, 9.17) is 9.97 Å². The van der Waals surface area contributed by atoms with Crippen molar-refractivity contribution in [3.05, 3.63) is 212 Å². The Kier molecular flexibility index (Phi) is 7.54. The van der Waals surface area contributed by atoms with E-state index >= 15 is 0 Å². The molecule has 0 saturated carbocycles. The van der Waals surface area contributed by atoms with Gasteiger partial charge in [0.05, 0.1) is 22.4 Å². The molecule has 0 bridgehead atoms. The predicted molar refractivity (Wildman–Crippen MR) is 248 cm³/mol. The Labute approximate surface area is 341 Å². The van der Waals surface area contributed by atoms with E-state index in [2.05, 4.69) is 193 Å². The van der Waals surface area contributed by atoms with Crippen LogP contribution in [0, 0.1) is 0 Å². The average molecular weight is 750 g/mol. The van der Waals surface area contributed by atoms with Crippen LogP contribution in [0.15, 0.2) is 212 Å². The maximum atomic E-state index is 5.32. The highest BCUT2D eigenvalue weighted by atomic mass is 15.0. The van der Waals surface area contributed by atoms with Gasteiger partial charge in [-0.15, -0.1) is 0 Å². The Bertz CT molecular complexity index is 3550. The van der Waals surface area contributed by atoms with Crippen molar-refractivity contribution in [1.82, 2.24) is 14.5 Å². The molecule has 0 aliphatic carbocycles. The Morgan fingerprint density at radius 1 is 0.305 bits per heavy atom. The number of benzene rings is 10. The number of hydrogen-bond acceptors (Lipinski definition) is 2. The van der Waals surface area contributed by atoms with Gasteiger partial charge in [0.2, 0.25) is 0 Å². The first-order valence-electron chi connectivity index (χ1n) is 20.2. The lowest BCUT2D eigenvalue weighted by Gasteiger charge is -2.16. The van der Waals surface area contributed by atoms with E-state index in [0.717, 1.165) is 33.8 Å². The number of para-hydroxylation sites is 1. The molecule has 0 unspecified atom stereocenters. The minimum absolute atomic E-state index is 0.708. The van der Waals surface area contributed by atoms with Crippen molar-refractivity contribution in [2.45, 2.75) is 0 Å². The second-order valence-corrected chi connectivity index (χ2v) is 15.3. The third-order valence-corrected chi connectivity index (χ3v) is 12.0. The molecule has 0 amide bonds. The number of hydrogen-bond donors (Lipinski definition) is 0. The molecule has 0 saturated heterocycles. The van der Waals surface area contributed by atoms with Crippen LogP contribution < -0.4 is 0 Å². The molecule has 0 atom stereocenters. The topological polar surface area (TPSA) is 30.7 Å². The number of aromatic nitrogens is 3. The Morgan fingerprint density at radius 2 is 0.898 bits per heavy atom. The van der Waals surface area contributed by atoms with Crippen molar-refractivity contribution in [3.63, 3.8) is 0 Å². The summed E-state index contributed by atoms with van der Waals surface area (Å²) in [6, 6.07) is 76.4. The fourth-order valence-corrected chi connectivity index (χ4v) is 9.20. The minimum Gasteiger partial charge on any atom is -0.309 e. The van der Waals surface area contributed by atoms with Gasteiger partial charge in [-0.3, -0.25) is 0 Å². The van der Waals surface area contributed by atoms with Crippen LogP contribution >= 0.6 is 0 Å². The van der Waals surface area contributed by atoms with Gasteiger partial charge in [-0.1, -0.05) is 176 Å². The summed E-state index contributed by atoms with van der Waals surface area (Å²) in [5.41, 5.74) is 10.8. The summed E-state index contributed by atoms with van der Waals surface area (Å²) in [6.07, 6.45) is 0. The Hall–Kier alpha value is -7.88. The van der Waals surface area contributed by atoms with E-state index in [0.29, 0.717) is 5.82 Å². The lowest BCUT2D eigenvalue weighted by molar-refractivity contribution is 1.19. The smallest absolute Gasteiger partial charge is 0.160 e. The second kappa shape index (κ2) is 13.4. The summed E-state index contributed by atoms with van der Waals surface area (Å²) in [5.74, 6) is 0.708. The molecule has 12 aromatic rings. The van der Waals surface area contributed by atoms with Crippen molar-refractivity contribution < 1.29 is 0 Å². The van der Waals surface area contributed by atoms with Gasteiger partial charge in [-0.05, 0) is 90.6 Å². The maximum Gasteiger partial charge on any atom is 0.160 e. The van der Waals surface area contributed by atoms with Gasteiger partial charge in [0.15, 0.2) is 5.82 Å². The van der Waals surface area contributed by atoms with Crippen molar-refractivity contribution >= 4 is 64.9 Å². The molecule has 10 aromatic carbocycles. The van der Waals surface area contributed by atoms with Gasteiger partial charge in [-0.2, -0.15) is 0 Å². The van der Waals surface area contributed by atoms with E-state index in [9.17, 15) is 0 Å². The second-order valence-electron chi connectivity index (χ2n) is 15.3. The molecule has 3 nitrogen and oxygen atoms in total. The molecule has 0 aliphatic heterocycles. The highest BCUT2D eigenvalue weighted by Gasteiger charge is 2.18. The summed E-state index contributed by atoms with van der Waals surface area (Å²) in [5, 5.41) is 12.2. The molecule has 2 heterocycles. The third kappa shape index (κ3) is 5.44. The van der Waals surface area contributed by atoms with Gasteiger partial charge in [0, 0.05) is 33.2 Å². The fourth-order valence-electron chi connectivity index (χ4n) is 9.20. The molecule has 0 aliphatic rings. The van der Waals surface area contributed by atoms with E-state index in [1.54, 1.807) is 0 Å². The first-order chi connectivity index (χ1) is 29.2. The van der Waals surface area contributed by atoms with Crippen LogP contribution in [-0.4, -0.2) is 14.5 Å². The molecule has 2 aromatic heterocycles. The van der Waals surface area contributed by atoms with Gasteiger partial charge in [-0.25, -0.2) is 9.97 Å². The fraction of sp³-hybridized carbons (Fsp3) is 0. The lowest BCUT2D eigenvalue weighted by Crippen LogP contribution is -1.97. The summed E-state index contributed by atoms with van der Waals surface area (Å²) >= 11 is 0. The van der Waals surface area contributed by atoms with Crippen molar-refractivity contribution in [2.75, 3.05) is 0 Å². The quantitative estimate of drug-likeness (QED) is 0.164. The normalized spacial score (nSPS) is 11.7. The number of rotatable bonds is 5. The van der Waals surface area contributed by atoms with Gasteiger partial charge in [0.25, 0.3) is 0 Å². The summed E-state index contributed by atoms with van der Waals surface area (Å²) in [6.45, 7) is 0. The van der Waals surface area contributed by atoms with Gasteiger partial charge in [0.1, 0.15) is 0 Å². The first-order valence-corrected chi connectivity index (χ1v) is 20.2. The highest BCUT2D eigenvalue weighted by molar-refractivity contribution is 6.29. The zero-order chi connectivity index (χ0) is 38.9. The molecule has 0 fully saturated rings. The lowest BCUT2D eigenvalue weighted by atomic mass is 9.89. The maximum absolute atomic E-state index is 5.32. The van der Waals surface area contributed by atoms with E-state index in [-0.39, 0.29) is 0 Å². The third-order valence-electron chi connectivity index (χ3n) is 12.0. The monoisotopic (exact) mass is 749 g/mol. The standard InChI is InChI=1S/C56H35N3/c1-3-15-37(16-4-1)51-35-52(58-56(57-51)38-17-5-2-6-18-38)49-24-13-23-48-44-21-10-9-20-43(44)45-30-27-40(33-50(45)55(48)49)41-28-31-47-46-22-11-12-25-53(46)59(54(47)34-41)42-29-26-36-14-7-8-19-39(36)32-42/h1-35H. The molecule has 0 N–H and O–H groups in total.